The van der Waals surface area contributed by atoms with Crippen LogP contribution in [0.5, 0.6) is 5.75 Å². The molecule has 1 aliphatic rings. The molecule has 1 aromatic heterocycles. The molecule has 1 amide bonds. The van der Waals surface area contributed by atoms with Crippen LogP contribution in [0, 0.1) is 18.7 Å². The highest BCUT2D eigenvalue weighted by atomic mass is 19.1. The van der Waals surface area contributed by atoms with Gasteiger partial charge in [-0.15, -0.1) is 0 Å². The molecular weight excluding hydrogens is 515 g/mol. The molecule has 0 radical (unpaired) electrons. The van der Waals surface area contributed by atoms with E-state index >= 15 is 0 Å². The van der Waals surface area contributed by atoms with Crippen molar-refractivity contribution in [2.75, 3.05) is 37.7 Å². The number of piperazine rings is 1. The first-order valence-electron chi connectivity index (χ1n) is 14.8. The summed E-state index contributed by atoms with van der Waals surface area (Å²) in [4.78, 5) is 22.7. The summed E-state index contributed by atoms with van der Waals surface area (Å²) in [6.45, 7) is 13.8. The van der Waals surface area contributed by atoms with E-state index < -0.39 is 0 Å². The minimum atomic E-state index is -0.196. The Morgan fingerprint density at radius 2 is 1.73 bits per heavy atom. The van der Waals surface area contributed by atoms with E-state index in [2.05, 4.69) is 67.1 Å². The molecule has 5 rings (SSSR count). The van der Waals surface area contributed by atoms with E-state index in [4.69, 9.17) is 4.74 Å². The van der Waals surface area contributed by atoms with E-state index in [1.807, 2.05) is 17.9 Å². The normalized spacial score (nSPS) is 14.0. The number of rotatable bonds is 8. The second-order valence-corrected chi connectivity index (χ2v) is 10.8. The summed E-state index contributed by atoms with van der Waals surface area (Å²) < 4.78 is 19.6. The number of fused-ring (bicyclic) bond motifs is 1. The van der Waals surface area contributed by atoms with Crippen LogP contribution in [0.4, 0.5) is 10.1 Å². The Morgan fingerprint density at radius 3 is 2.41 bits per heavy atom. The van der Waals surface area contributed by atoms with Crippen molar-refractivity contribution in [2.45, 2.75) is 53.9 Å². The molecule has 218 valence electrons. The fourth-order valence-corrected chi connectivity index (χ4v) is 5.04. The van der Waals surface area contributed by atoms with Crippen molar-refractivity contribution >= 4 is 22.6 Å². The maximum absolute atomic E-state index is 13.5. The Balaban J connectivity index is 0.000000208. The third-order valence-electron chi connectivity index (χ3n) is 7.86. The number of H-pyrrole nitrogens is 1. The van der Waals surface area contributed by atoms with Crippen molar-refractivity contribution < 1.29 is 13.9 Å². The molecule has 6 nitrogen and oxygen atoms in total. The Labute approximate surface area is 243 Å². The highest BCUT2D eigenvalue weighted by molar-refractivity contribution is 5.82. The highest BCUT2D eigenvalue weighted by Crippen LogP contribution is 2.29. The second-order valence-electron chi connectivity index (χ2n) is 10.8. The van der Waals surface area contributed by atoms with Crippen LogP contribution in [0.2, 0.25) is 0 Å². The van der Waals surface area contributed by atoms with Gasteiger partial charge in [-0.2, -0.15) is 0 Å². The zero-order valence-corrected chi connectivity index (χ0v) is 25.0. The van der Waals surface area contributed by atoms with E-state index in [1.165, 1.54) is 29.2 Å². The molecule has 0 saturated carbocycles. The van der Waals surface area contributed by atoms with Gasteiger partial charge in [0.15, 0.2) is 0 Å². The van der Waals surface area contributed by atoms with Gasteiger partial charge >= 0.3 is 0 Å². The lowest BCUT2D eigenvalue weighted by Crippen LogP contribution is -2.48. The highest BCUT2D eigenvalue weighted by Gasteiger charge is 2.20. The molecule has 0 bridgehead atoms. The monoisotopic (exact) mass is 558 g/mol. The minimum absolute atomic E-state index is 0.0909. The van der Waals surface area contributed by atoms with Crippen LogP contribution >= 0.6 is 0 Å². The fraction of sp³-hybridized carbons (Fsp3) is 0.412. The Morgan fingerprint density at radius 1 is 1.02 bits per heavy atom. The number of nitrogens with zero attached hydrogens (tertiary/aromatic N) is 3. The van der Waals surface area contributed by atoms with Gasteiger partial charge in [0.1, 0.15) is 17.4 Å². The summed E-state index contributed by atoms with van der Waals surface area (Å²) in [7, 11) is 0. The summed E-state index contributed by atoms with van der Waals surface area (Å²) in [5.74, 6) is 2.58. The first kappa shape index (κ1) is 30.1. The molecule has 4 aromatic rings. The number of nitrogens with one attached hydrogen (secondary N) is 1. The third kappa shape index (κ3) is 7.87. The predicted octanol–water partition coefficient (Wildman–Crippen LogP) is 7.41. The summed E-state index contributed by atoms with van der Waals surface area (Å²) >= 11 is 0. The van der Waals surface area contributed by atoms with Crippen LogP contribution in [-0.4, -0.2) is 53.6 Å². The van der Waals surface area contributed by atoms with E-state index in [0.717, 1.165) is 42.1 Å². The maximum Gasteiger partial charge on any atom is 0.219 e. The lowest BCUT2D eigenvalue weighted by atomic mass is 10.0. The largest absolute Gasteiger partial charge is 0.493 e. The van der Waals surface area contributed by atoms with E-state index in [1.54, 1.807) is 24.0 Å². The lowest BCUT2D eigenvalue weighted by Gasteiger charge is -2.35. The number of anilines is 1. The first-order valence-corrected chi connectivity index (χ1v) is 14.8. The smallest absolute Gasteiger partial charge is 0.219 e. The number of halogens is 1. The van der Waals surface area contributed by atoms with Gasteiger partial charge in [-0.25, -0.2) is 9.37 Å². The molecule has 0 aliphatic carbocycles. The van der Waals surface area contributed by atoms with Crippen molar-refractivity contribution in [3.05, 3.63) is 77.9 Å². The Kier molecular flexibility index (Phi) is 10.4. The van der Waals surface area contributed by atoms with Crippen LogP contribution in [0.1, 0.15) is 51.9 Å². The molecule has 0 spiro atoms. The number of amides is 1. The van der Waals surface area contributed by atoms with Crippen molar-refractivity contribution in [3.8, 4) is 16.9 Å². The number of para-hydroxylation sites is 1. The van der Waals surface area contributed by atoms with Crippen LogP contribution in [0.3, 0.4) is 0 Å². The van der Waals surface area contributed by atoms with Gasteiger partial charge in [0.05, 0.1) is 23.3 Å². The minimum Gasteiger partial charge on any atom is -0.493 e. The van der Waals surface area contributed by atoms with Gasteiger partial charge in [-0.1, -0.05) is 51.5 Å². The molecule has 1 fully saturated rings. The number of ether oxygens (including phenoxy) is 1. The van der Waals surface area contributed by atoms with Crippen molar-refractivity contribution in [1.29, 1.82) is 0 Å². The SMILES string of the molecule is CC(=O)N1CCN(c2ccccc2F)CC1.CCc1cc(-c2ccc3nc(C)[nH]c3c2)ccc1OCCC(C)CC. The number of hydrogen-bond acceptors (Lipinski definition) is 4. The maximum atomic E-state index is 13.5. The summed E-state index contributed by atoms with van der Waals surface area (Å²) in [6, 6.07) is 19.7. The van der Waals surface area contributed by atoms with Crippen molar-refractivity contribution in [3.63, 3.8) is 0 Å². The molecule has 1 saturated heterocycles. The standard InChI is InChI=1S/C22H28N2O.C12H15FN2O/c1-5-15(3)11-12-25-22-10-8-18(13-17(22)6-2)19-7-9-20-21(14-19)24-16(4)23-20;1-10(16)14-6-8-15(9-7-14)12-5-3-2-4-11(12)13/h7-10,13-15H,5-6,11-12H2,1-4H3,(H,23,24);2-5H,6-9H2,1H3. The fourth-order valence-electron chi connectivity index (χ4n) is 5.04. The molecular formula is C34H43FN4O2. The van der Waals surface area contributed by atoms with Crippen LogP contribution < -0.4 is 9.64 Å². The van der Waals surface area contributed by atoms with Crippen LogP contribution in [0.25, 0.3) is 22.2 Å². The predicted molar refractivity (Wildman–Crippen MR) is 166 cm³/mol. The van der Waals surface area contributed by atoms with Gasteiger partial charge in [0.25, 0.3) is 0 Å². The molecule has 41 heavy (non-hydrogen) atoms. The number of carbonyl (C=O) groups excluding carboxylic acids is 1. The van der Waals surface area contributed by atoms with Gasteiger partial charge in [-0.05, 0) is 78.8 Å². The average Bonchev–Trinajstić information content (AvgIpc) is 3.37. The van der Waals surface area contributed by atoms with E-state index in [-0.39, 0.29) is 11.7 Å². The molecule has 1 atom stereocenters. The van der Waals surface area contributed by atoms with Crippen molar-refractivity contribution in [2.24, 2.45) is 5.92 Å². The molecule has 2 heterocycles. The lowest BCUT2D eigenvalue weighted by molar-refractivity contribution is -0.129. The van der Waals surface area contributed by atoms with E-state index in [9.17, 15) is 9.18 Å². The number of hydrogen-bond donors (Lipinski definition) is 1. The average molecular weight is 559 g/mol. The molecule has 1 aliphatic heterocycles. The zero-order chi connectivity index (χ0) is 29.4. The number of aryl methyl sites for hydroxylation is 2. The Bertz CT molecular complexity index is 1440. The Hall–Kier alpha value is -3.87. The van der Waals surface area contributed by atoms with Gasteiger partial charge in [0.2, 0.25) is 5.91 Å². The number of benzene rings is 3. The molecule has 1 unspecified atom stereocenters. The second kappa shape index (κ2) is 14.2. The summed E-state index contributed by atoms with van der Waals surface area (Å²) in [6.07, 6.45) is 3.29. The third-order valence-corrected chi connectivity index (χ3v) is 7.86. The van der Waals surface area contributed by atoms with E-state index in [0.29, 0.717) is 37.8 Å². The molecule has 3 aromatic carbocycles. The molecule has 7 heteroatoms. The van der Waals surface area contributed by atoms with Gasteiger partial charge in [0, 0.05) is 33.1 Å². The zero-order valence-electron chi connectivity index (χ0n) is 25.0. The number of aromatic nitrogens is 2. The summed E-state index contributed by atoms with van der Waals surface area (Å²) in [5, 5.41) is 0. The molecule has 1 N–H and O–H groups in total. The van der Waals surface area contributed by atoms with Crippen LogP contribution in [-0.2, 0) is 11.2 Å². The first-order chi connectivity index (χ1) is 19.8. The topological polar surface area (TPSA) is 61.5 Å². The quantitative estimate of drug-likeness (QED) is 0.245. The van der Waals surface area contributed by atoms with Crippen molar-refractivity contribution in [1.82, 2.24) is 14.9 Å². The van der Waals surface area contributed by atoms with Crippen LogP contribution in [0.15, 0.2) is 60.7 Å². The van der Waals surface area contributed by atoms with Gasteiger partial charge < -0.3 is 19.5 Å². The number of imidazole rings is 1. The van der Waals surface area contributed by atoms with Gasteiger partial charge in [-0.3, -0.25) is 4.79 Å². The number of aromatic amines is 1. The summed E-state index contributed by atoms with van der Waals surface area (Å²) in [5.41, 5.74) is 6.43. The number of carbonyl (C=O) groups is 1.